The third kappa shape index (κ3) is 6.03. The van der Waals surface area contributed by atoms with Crippen LogP contribution < -0.4 is 10.1 Å². The molecule has 0 heterocycles. The topological polar surface area (TPSA) is 41.5 Å². The van der Waals surface area contributed by atoms with Gasteiger partial charge in [-0.25, -0.2) is 0 Å². The number of hydrogen-bond acceptors (Lipinski definition) is 3. The molecule has 1 aromatic rings. The predicted octanol–water partition coefficient (Wildman–Crippen LogP) is 2.38. The number of nitrogens with one attached hydrogen (secondary N) is 1. The molecule has 0 saturated carbocycles. The zero-order chi connectivity index (χ0) is 13.2. The molecule has 3 heteroatoms. The third-order valence-corrected chi connectivity index (χ3v) is 2.89. The Labute approximate surface area is 110 Å². The van der Waals surface area contributed by atoms with Crippen LogP contribution in [0.3, 0.4) is 0 Å². The van der Waals surface area contributed by atoms with Crippen LogP contribution in [0.1, 0.15) is 32.3 Å². The molecule has 0 aliphatic heterocycles. The van der Waals surface area contributed by atoms with Gasteiger partial charge in [-0.3, -0.25) is 0 Å². The molecule has 1 atom stereocenters. The Morgan fingerprint density at radius 3 is 2.61 bits per heavy atom. The molecular formula is C15H25NO2. The quantitative estimate of drug-likeness (QED) is 0.708. The second kappa shape index (κ2) is 8.95. The average molecular weight is 251 g/mol. The molecular weight excluding hydrogens is 226 g/mol. The van der Waals surface area contributed by atoms with Crippen molar-refractivity contribution in [1.29, 1.82) is 0 Å². The summed E-state index contributed by atoms with van der Waals surface area (Å²) in [6.45, 7) is 5.92. The van der Waals surface area contributed by atoms with Crippen LogP contribution in [0.15, 0.2) is 24.3 Å². The molecule has 1 rings (SSSR count). The van der Waals surface area contributed by atoms with Crippen molar-refractivity contribution in [2.24, 2.45) is 0 Å². The standard InChI is InChI=1S/C15H25NO2/c1-3-10-16-13(2)4-5-14-6-8-15(9-7-14)18-12-11-17/h6-9,13,16-17H,3-5,10-12H2,1-2H3. The molecule has 0 aliphatic rings. The highest BCUT2D eigenvalue weighted by molar-refractivity contribution is 5.27. The second-order valence-corrected chi connectivity index (χ2v) is 4.61. The maximum absolute atomic E-state index is 8.67. The van der Waals surface area contributed by atoms with Crippen LogP contribution in [0.5, 0.6) is 5.75 Å². The first-order valence-electron chi connectivity index (χ1n) is 6.82. The van der Waals surface area contributed by atoms with E-state index >= 15 is 0 Å². The van der Waals surface area contributed by atoms with E-state index in [9.17, 15) is 0 Å². The highest BCUT2D eigenvalue weighted by Gasteiger charge is 2.01. The minimum absolute atomic E-state index is 0.0579. The van der Waals surface area contributed by atoms with Crippen molar-refractivity contribution in [1.82, 2.24) is 5.32 Å². The molecule has 0 radical (unpaired) electrons. The molecule has 0 aromatic heterocycles. The Hall–Kier alpha value is -1.06. The van der Waals surface area contributed by atoms with Crippen molar-refractivity contribution < 1.29 is 9.84 Å². The number of hydrogen-bond donors (Lipinski definition) is 2. The fraction of sp³-hybridized carbons (Fsp3) is 0.600. The lowest BCUT2D eigenvalue weighted by molar-refractivity contribution is 0.201. The van der Waals surface area contributed by atoms with Crippen LogP contribution in [-0.2, 0) is 6.42 Å². The van der Waals surface area contributed by atoms with Crippen LogP contribution in [0.2, 0.25) is 0 Å². The van der Waals surface area contributed by atoms with Gasteiger partial charge in [0.2, 0.25) is 0 Å². The van der Waals surface area contributed by atoms with Gasteiger partial charge < -0.3 is 15.2 Å². The maximum Gasteiger partial charge on any atom is 0.119 e. The van der Waals surface area contributed by atoms with E-state index < -0.39 is 0 Å². The van der Waals surface area contributed by atoms with Gasteiger partial charge in [0, 0.05) is 6.04 Å². The summed E-state index contributed by atoms with van der Waals surface area (Å²) in [6.07, 6.45) is 3.41. The zero-order valence-electron chi connectivity index (χ0n) is 11.5. The fourth-order valence-corrected chi connectivity index (χ4v) is 1.79. The lowest BCUT2D eigenvalue weighted by Gasteiger charge is -2.13. The van der Waals surface area contributed by atoms with Gasteiger partial charge in [-0.2, -0.15) is 0 Å². The number of ether oxygens (including phenoxy) is 1. The maximum atomic E-state index is 8.67. The van der Waals surface area contributed by atoms with E-state index in [1.54, 1.807) is 0 Å². The van der Waals surface area contributed by atoms with Gasteiger partial charge in [0.25, 0.3) is 0 Å². The zero-order valence-corrected chi connectivity index (χ0v) is 11.5. The smallest absolute Gasteiger partial charge is 0.119 e. The largest absolute Gasteiger partial charge is 0.491 e. The highest BCUT2D eigenvalue weighted by atomic mass is 16.5. The molecule has 3 nitrogen and oxygen atoms in total. The monoisotopic (exact) mass is 251 g/mol. The van der Waals surface area contributed by atoms with Gasteiger partial charge in [0.15, 0.2) is 0 Å². The van der Waals surface area contributed by atoms with E-state index in [-0.39, 0.29) is 6.61 Å². The second-order valence-electron chi connectivity index (χ2n) is 4.61. The van der Waals surface area contributed by atoms with Gasteiger partial charge in [-0.1, -0.05) is 19.1 Å². The summed E-state index contributed by atoms with van der Waals surface area (Å²) in [4.78, 5) is 0. The number of rotatable bonds is 9. The molecule has 0 amide bonds. The average Bonchev–Trinajstić information content (AvgIpc) is 2.41. The molecule has 18 heavy (non-hydrogen) atoms. The van der Waals surface area contributed by atoms with Crippen molar-refractivity contribution in [2.75, 3.05) is 19.8 Å². The third-order valence-electron chi connectivity index (χ3n) is 2.89. The predicted molar refractivity (Wildman–Crippen MR) is 75.1 cm³/mol. The summed E-state index contributed by atoms with van der Waals surface area (Å²) in [6, 6.07) is 8.69. The molecule has 0 bridgehead atoms. The number of aliphatic hydroxyl groups is 1. The first kappa shape index (κ1) is 15.0. The lowest BCUT2D eigenvalue weighted by atomic mass is 10.1. The highest BCUT2D eigenvalue weighted by Crippen LogP contribution is 2.13. The molecule has 0 fully saturated rings. The van der Waals surface area contributed by atoms with Gasteiger partial charge >= 0.3 is 0 Å². The Morgan fingerprint density at radius 2 is 2.00 bits per heavy atom. The van der Waals surface area contributed by atoms with Crippen LogP contribution >= 0.6 is 0 Å². The molecule has 0 aliphatic carbocycles. The Kier molecular flexibility index (Phi) is 7.46. The minimum atomic E-state index is 0.0579. The summed E-state index contributed by atoms with van der Waals surface area (Å²) < 4.78 is 5.33. The molecule has 0 saturated heterocycles. The van der Waals surface area contributed by atoms with Crippen molar-refractivity contribution in [3.63, 3.8) is 0 Å². The molecule has 1 aromatic carbocycles. The Balaban J connectivity index is 2.30. The van der Waals surface area contributed by atoms with Gasteiger partial charge in [-0.15, -0.1) is 0 Å². The minimum Gasteiger partial charge on any atom is -0.491 e. The summed E-state index contributed by atoms with van der Waals surface area (Å²) in [5.41, 5.74) is 1.33. The molecule has 1 unspecified atom stereocenters. The summed E-state index contributed by atoms with van der Waals surface area (Å²) >= 11 is 0. The van der Waals surface area contributed by atoms with Crippen LogP contribution in [0.25, 0.3) is 0 Å². The molecule has 102 valence electrons. The Morgan fingerprint density at radius 1 is 1.28 bits per heavy atom. The van der Waals surface area contributed by atoms with Crippen molar-refractivity contribution >= 4 is 0 Å². The normalized spacial score (nSPS) is 12.4. The number of aryl methyl sites for hydroxylation is 1. The van der Waals surface area contributed by atoms with E-state index in [0.717, 1.165) is 25.1 Å². The fourth-order valence-electron chi connectivity index (χ4n) is 1.79. The van der Waals surface area contributed by atoms with Gasteiger partial charge in [-0.05, 0) is 50.4 Å². The van der Waals surface area contributed by atoms with E-state index in [4.69, 9.17) is 9.84 Å². The first-order valence-corrected chi connectivity index (χ1v) is 6.82. The first-order chi connectivity index (χ1) is 8.76. The number of aliphatic hydroxyl groups excluding tert-OH is 1. The molecule has 0 spiro atoms. The number of benzene rings is 1. The van der Waals surface area contributed by atoms with Crippen LogP contribution in [-0.4, -0.2) is 30.9 Å². The van der Waals surface area contributed by atoms with Crippen molar-refractivity contribution in [3.8, 4) is 5.75 Å². The van der Waals surface area contributed by atoms with Crippen LogP contribution in [0.4, 0.5) is 0 Å². The van der Waals surface area contributed by atoms with Crippen molar-refractivity contribution in [3.05, 3.63) is 29.8 Å². The van der Waals surface area contributed by atoms with E-state index in [1.807, 2.05) is 12.1 Å². The summed E-state index contributed by atoms with van der Waals surface area (Å²) in [5.74, 6) is 0.824. The van der Waals surface area contributed by atoms with E-state index in [2.05, 4.69) is 31.3 Å². The SMILES string of the molecule is CCCNC(C)CCc1ccc(OCCO)cc1. The Bertz CT molecular complexity index is 311. The van der Waals surface area contributed by atoms with E-state index in [0.29, 0.717) is 12.6 Å². The van der Waals surface area contributed by atoms with Crippen molar-refractivity contribution in [2.45, 2.75) is 39.2 Å². The lowest BCUT2D eigenvalue weighted by Crippen LogP contribution is -2.27. The van der Waals surface area contributed by atoms with Gasteiger partial charge in [0.05, 0.1) is 6.61 Å². The van der Waals surface area contributed by atoms with E-state index in [1.165, 1.54) is 12.0 Å². The molecule has 2 N–H and O–H groups in total. The summed E-state index contributed by atoms with van der Waals surface area (Å²) in [5, 5.41) is 12.2. The van der Waals surface area contributed by atoms with Crippen LogP contribution in [0, 0.1) is 0 Å². The van der Waals surface area contributed by atoms with Gasteiger partial charge in [0.1, 0.15) is 12.4 Å². The summed E-state index contributed by atoms with van der Waals surface area (Å²) in [7, 11) is 0.